The maximum atomic E-state index is 10.3. The maximum absolute atomic E-state index is 10.3. The molecule has 0 fully saturated rings. The number of aliphatic carboxylic acids is 1. The van der Waals surface area contributed by atoms with Crippen LogP contribution in [0.2, 0.25) is 0 Å². The Morgan fingerprint density at radius 2 is 2.40 bits per heavy atom. The molecule has 0 amide bonds. The van der Waals surface area contributed by atoms with Crippen molar-refractivity contribution in [2.24, 2.45) is 5.73 Å². The predicted molar refractivity (Wildman–Crippen MR) is 65.2 cm³/mol. The topological polar surface area (TPSA) is 63.3 Å². The average Bonchev–Trinajstić information content (AvgIpc) is 2.46. The normalized spacial score (nSPS) is 12.7. The molecule has 1 heterocycles. The van der Waals surface area contributed by atoms with Gasteiger partial charge in [-0.15, -0.1) is 11.3 Å². The zero-order valence-electron chi connectivity index (χ0n) is 8.50. The second-order valence-corrected chi connectivity index (χ2v) is 5.59. The summed E-state index contributed by atoms with van der Waals surface area (Å²) < 4.78 is 1.08. The van der Waals surface area contributed by atoms with Gasteiger partial charge in [-0.05, 0) is 41.8 Å². The van der Waals surface area contributed by atoms with Gasteiger partial charge in [0.05, 0.1) is 0 Å². The van der Waals surface area contributed by atoms with Gasteiger partial charge in [0.15, 0.2) is 0 Å². The van der Waals surface area contributed by atoms with Crippen LogP contribution in [-0.2, 0) is 4.79 Å². The lowest BCUT2D eigenvalue weighted by Crippen LogP contribution is -2.09. The first-order valence-corrected chi connectivity index (χ1v) is 6.35. The van der Waals surface area contributed by atoms with Gasteiger partial charge in [0.2, 0.25) is 0 Å². The molecular weight excluding hydrogens is 278 g/mol. The number of thiophene rings is 1. The summed E-state index contributed by atoms with van der Waals surface area (Å²) >= 11 is 5.10. The Kier molecular flexibility index (Phi) is 4.76. The van der Waals surface area contributed by atoms with Crippen molar-refractivity contribution in [3.63, 3.8) is 0 Å². The van der Waals surface area contributed by atoms with E-state index in [0.717, 1.165) is 15.8 Å². The Balaban J connectivity index is 2.46. The van der Waals surface area contributed by atoms with Gasteiger partial charge < -0.3 is 10.8 Å². The van der Waals surface area contributed by atoms with Gasteiger partial charge >= 0.3 is 5.97 Å². The van der Waals surface area contributed by atoms with Crippen molar-refractivity contribution in [1.82, 2.24) is 0 Å². The van der Waals surface area contributed by atoms with Crippen LogP contribution in [0.1, 0.15) is 35.1 Å². The monoisotopic (exact) mass is 291 g/mol. The number of carbonyl (C=O) groups is 1. The van der Waals surface area contributed by atoms with E-state index in [0.29, 0.717) is 6.42 Å². The molecule has 0 aliphatic carbocycles. The van der Waals surface area contributed by atoms with E-state index < -0.39 is 5.97 Å². The molecule has 15 heavy (non-hydrogen) atoms. The molecule has 1 atom stereocenters. The molecule has 0 radical (unpaired) electrons. The summed E-state index contributed by atoms with van der Waals surface area (Å²) in [5.74, 6) is -0.759. The van der Waals surface area contributed by atoms with Gasteiger partial charge in [0, 0.05) is 26.7 Å². The fraction of sp³-hybridized carbons (Fsp3) is 0.500. The molecule has 1 rings (SSSR count). The molecular formula is C10H14BrNO2S. The fourth-order valence-electron chi connectivity index (χ4n) is 1.28. The van der Waals surface area contributed by atoms with Crippen LogP contribution < -0.4 is 5.73 Å². The highest BCUT2D eigenvalue weighted by molar-refractivity contribution is 9.10. The van der Waals surface area contributed by atoms with Crippen molar-refractivity contribution in [2.75, 3.05) is 0 Å². The Labute approximate surface area is 101 Å². The van der Waals surface area contributed by atoms with Crippen molar-refractivity contribution in [2.45, 2.75) is 32.2 Å². The third kappa shape index (κ3) is 3.93. The number of carboxylic acids is 1. The highest BCUT2D eigenvalue weighted by Gasteiger charge is 2.11. The van der Waals surface area contributed by atoms with Crippen molar-refractivity contribution in [1.29, 1.82) is 0 Å². The first kappa shape index (κ1) is 12.7. The number of rotatable bonds is 5. The molecule has 0 aliphatic heterocycles. The standard InChI is InChI=1S/C10H14BrNO2S/c1-6-7(11)5-9(15-6)8(12)3-2-4-10(13)14/h5,8H,2-4,12H2,1H3,(H,13,14). The van der Waals surface area contributed by atoms with Crippen molar-refractivity contribution >= 4 is 33.2 Å². The maximum Gasteiger partial charge on any atom is 0.303 e. The highest BCUT2D eigenvalue weighted by Crippen LogP contribution is 2.31. The van der Waals surface area contributed by atoms with Crippen LogP contribution in [0.3, 0.4) is 0 Å². The lowest BCUT2D eigenvalue weighted by molar-refractivity contribution is -0.137. The number of nitrogens with two attached hydrogens (primary N) is 1. The molecule has 1 aromatic rings. The molecule has 0 aromatic carbocycles. The van der Waals surface area contributed by atoms with E-state index in [1.54, 1.807) is 11.3 Å². The number of hydrogen-bond donors (Lipinski definition) is 2. The van der Waals surface area contributed by atoms with Crippen LogP contribution in [0.15, 0.2) is 10.5 Å². The summed E-state index contributed by atoms with van der Waals surface area (Å²) in [5.41, 5.74) is 5.96. The molecule has 0 aliphatic rings. The third-order valence-corrected chi connectivity index (χ3v) is 4.42. The number of halogens is 1. The van der Waals surface area contributed by atoms with Crippen LogP contribution in [0.25, 0.3) is 0 Å². The summed E-state index contributed by atoms with van der Waals surface area (Å²) in [7, 11) is 0. The Bertz CT molecular complexity index is 332. The van der Waals surface area contributed by atoms with Crippen molar-refractivity contribution < 1.29 is 9.90 Å². The van der Waals surface area contributed by atoms with Crippen LogP contribution in [0, 0.1) is 6.92 Å². The minimum atomic E-state index is -0.759. The molecule has 3 N–H and O–H groups in total. The second kappa shape index (κ2) is 5.63. The third-order valence-electron chi connectivity index (χ3n) is 2.15. The van der Waals surface area contributed by atoms with Gasteiger partial charge in [-0.2, -0.15) is 0 Å². The van der Waals surface area contributed by atoms with E-state index in [4.69, 9.17) is 10.8 Å². The van der Waals surface area contributed by atoms with E-state index in [1.807, 2.05) is 13.0 Å². The summed E-state index contributed by atoms with van der Waals surface area (Å²) in [4.78, 5) is 12.7. The molecule has 0 saturated carbocycles. The molecule has 84 valence electrons. The predicted octanol–water partition coefficient (Wildman–Crippen LogP) is 3.07. The molecule has 1 aromatic heterocycles. The molecule has 3 nitrogen and oxygen atoms in total. The zero-order chi connectivity index (χ0) is 11.4. The van der Waals surface area contributed by atoms with Gasteiger partial charge in [-0.3, -0.25) is 4.79 Å². The van der Waals surface area contributed by atoms with E-state index in [2.05, 4.69) is 15.9 Å². The molecule has 0 saturated heterocycles. The number of carboxylic acid groups (broad SMARTS) is 1. The Hall–Kier alpha value is -0.390. The Morgan fingerprint density at radius 3 is 2.87 bits per heavy atom. The number of hydrogen-bond acceptors (Lipinski definition) is 3. The van der Waals surface area contributed by atoms with Gasteiger partial charge in [-0.25, -0.2) is 0 Å². The molecule has 1 unspecified atom stereocenters. The minimum Gasteiger partial charge on any atom is -0.481 e. The zero-order valence-corrected chi connectivity index (χ0v) is 10.9. The van der Waals surface area contributed by atoms with Crippen LogP contribution >= 0.6 is 27.3 Å². The lowest BCUT2D eigenvalue weighted by Gasteiger charge is -2.07. The van der Waals surface area contributed by atoms with E-state index in [1.165, 1.54) is 4.88 Å². The summed E-state index contributed by atoms with van der Waals surface area (Å²) in [6.07, 6.45) is 1.54. The largest absolute Gasteiger partial charge is 0.481 e. The quantitative estimate of drug-likeness (QED) is 0.876. The first-order chi connectivity index (χ1) is 7.00. The van der Waals surface area contributed by atoms with Gasteiger partial charge in [-0.1, -0.05) is 0 Å². The summed E-state index contributed by atoms with van der Waals surface area (Å²) in [6, 6.07) is 1.98. The lowest BCUT2D eigenvalue weighted by atomic mass is 10.1. The molecule has 5 heteroatoms. The SMILES string of the molecule is Cc1sc(C(N)CCCC(=O)O)cc1Br. The highest BCUT2D eigenvalue weighted by atomic mass is 79.9. The molecule has 0 bridgehead atoms. The van der Waals surface area contributed by atoms with Crippen molar-refractivity contribution in [3.8, 4) is 0 Å². The van der Waals surface area contributed by atoms with Gasteiger partial charge in [0.1, 0.15) is 0 Å². The number of aryl methyl sites for hydroxylation is 1. The van der Waals surface area contributed by atoms with Crippen LogP contribution in [0.4, 0.5) is 0 Å². The second-order valence-electron chi connectivity index (χ2n) is 3.45. The van der Waals surface area contributed by atoms with Crippen LogP contribution in [0.5, 0.6) is 0 Å². The van der Waals surface area contributed by atoms with E-state index in [-0.39, 0.29) is 12.5 Å². The Morgan fingerprint density at radius 1 is 1.73 bits per heavy atom. The molecule has 0 spiro atoms. The average molecular weight is 292 g/mol. The summed E-state index contributed by atoms with van der Waals surface area (Å²) in [6.45, 7) is 2.03. The van der Waals surface area contributed by atoms with Crippen LogP contribution in [-0.4, -0.2) is 11.1 Å². The van der Waals surface area contributed by atoms with Crippen molar-refractivity contribution in [3.05, 3.63) is 20.3 Å². The van der Waals surface area contributed by atoms with Gasteiger partial charge in [0.25, 0.3) is 0 Å². The first-order valence-electron chi connectivity index (χ1n) is 4.74. The fourth-order valence-corrected chi connectivity index (χ4v) is 2.88. The van der Waals surface area contributed by atoms with E-state index in [9.17, 15) is 4.79 Å². The van der Waals surface area contributed by atoms with E-state index >= 15 is 0 Å². The minimum absolute atomic E-state index is 0.0423. The smallest absolute Gasteiger partial charge is 0.303 e. The summed E-state index contributed by atoms with van der Waals surface area (Å²) in [5, 5.41) is 8.50.